The highest BCUT2D eigenvalue weighted by atomic mass is 19.1. The van der Waals surface area contributed by atoms with Crippen LogP contribution in [0.1, 0.15) is 69.9 Å². The molecule has 0 radical (unpaired) electrons. The number of carbonyl (C=O) groups is 1. The van der Waals surface area contributed by atoms with Crippen molar-refractivity contribution in [3.8, 4) is 11.7 Å². The van der Waals surface area contributed by atoms with Crippen LogP contribution in [0, 0.1) is 5.82 Å². The van der Waals surface area contributed by atoms with Crippen molar-refractivity contribution >= 4 is 16.8 Å². The zero-order chi connectivity index (χ0) is 24.7. The lowest BCUT2D eigenvalue weighted by Crippen LogP contribution is -2.48. The van der Waals surface area contributed by atoms with E-state index in [4.69, 9.17) is 9.26 Å². The van der Waals surface area contributed by atoms with Crippen LogP contribution in [0.15, 0.2) is 16.7 Å². The Kier molecular flexibility index (Phi) is 6.48. The van der Waals surface area contributed by atoms with Crippen molar-refractivity contribution in [3.05, 3.63) is 29.5 Å². The van der Waals surface area contributed by atoms with Crippen molar-refractivity contribution in [1.29, 1.82) is 0 Å². The Hall–Kier alpha value is -3.01. The number of amides is 1. The molecule has 1 amide bonds. The van der Waals surface area contributed by atoms with E-state index in [0.717, 1.165) is 57.6 Å². The molecule has 2 aliphatic rings. The molecule has 0 unspecified atom stereocenters. The lowest BCUT2D eigenvalue weighted by atomic mass is 9.93. The lowest BCUT2D eigenvalue weighted by molar-refractivity contribution is -0.130. The van der Waals surface area contributed by atoms with E-state index in [1.807, 2.05) is 18.7 Å². The number of piperidine rings is 2. The fourth-order valence-corrected chi connectivity index (χ4v) is 5.46. The second-order valence-corrected chi connectivity index (χ2v) is 9.91. The van der Waals surface area contributed by atoms with Gasteiger partial charge in [-0.05, 0) is 62.0 Å². The van der Waals surface area contributed by atoms with E-state index in [2.05, 4.69) is 20.1 Å². The highest BCUT2D eigenvalue weighted by molar-refractivity contribution is 5.90. The number of hydrogen-bond donors (Lipinski definition) is 0. The number of fused-ring (bicyclic) bond motifs is 1. The molecule has 9 nitrogen and oxygen atoms in total. The molecule has 2 fully saturated rings. The van der Waals surface area contributed by atoms with Gasteiger partial charge in [-0.15, -0.1) is 0 Å². The SMILES string of the molecule is COc1ccc(F)c2c1c(C(C)C)nn2-c1noc(C2CCN(C3CCN(C(C)=O)CC3)CC2)n1. The van der Waals surface area contributed by atoms with Crippen LogP contribution in [0.4, 0.5) is 4.39 Å². The Bertz CT molecular complexity index is 1210. The first kappa shape index (κ1) is 23.7. The predicted molar refractivity (Wildman–Crippen MR) is 128 cm³/mol. The van der Waals surface area contributed by atoms with Crippen LogP contribution in [0.3, 0.4) is 0 Å². The Balaban J connectivity index is 1.32. The van der Waals surface area contributed by atoms with Gasteiger partial charge in [0.1, 0.15) is 17.1 Å². The van der Waals surface area contributed by atoms with Crippen LogP contribution >= 0.6 is 0 Å². The summed E-state index contributed by atoms with van der Waals surface area (Å²) in [6.45, 7) is 9.26. The molecule has 0 bridgehead atoms. The summed E-state index contributed by atoms with van der Waals surface area (Å²) in [5.41, 5.74) is 1.03. The molecular formula is C25H33FN6O3. The molecule has 2 aliphatic heterocycles. The summed E-state index contributed by atoms with van der Waals surface area (Å²) in [4.78, 5) is 20.7. The molecule has 0 aliphatic carbocycles. The second kappa shape index (κ2) is 9.56. The number of hydrogen-bond acceptors (Lipinski definition) is 7. The highest BCUT2D eigenvalue weighted by Crippen LogP contribution is 2.36. The average Bonchev–Trinajstić information content (AvgIpc) is 3.51. The van der Waals surface area contributed by atoms with Crippen LogP contribution in [0.2, 0.25) is 0 Å². The third kappa shape index (κ3) is 4.39. The summed E-state index contributed by atoms with van der Waals surface area (Å²) < 4.78 is 27.5. The third-order valence-electron chi connectivity index (χ3n) is 7.46. The number of likely N-dealkylation sites (tertiary alicyclic amines) is 2. The topological polar surface area (TPSA) is 89.5 Å². The van der Waals surface area contributed by atoms with Crippen LogP contribution in [0.25, 0.3) is 16.9 Å². The van der Waals surface area contributed by atoms with E-state index in [1.165, 1.54) is 10.7 Å². The molecular weight excluding hydrogens is 451 g/mol. The Morgan fingerprint density at radius 1 is 1.14 bits per heavy atom. The highest BCUT2D eigenvalue weighted by Gasteiger charge is 2.32. The Morgan fingerprint density at radius 2 is 1.86 bits per heavy atom. The molecule has 2 saturated heterocycles. The molecule has 4 heterocycles. The number of nitrogens with zero attached hydrogens (tertiary/aromatic N) is 6. The first-order valence-electron chi connectivity index (χ1n) is 12.5. The summed E-state index contributed by atoms with van der Waals surface area (Å²) in [5, 5.41) is 9.46. The first-order chi connectivity index (χ1) is 16.9. The van der Waals surface area contributed by atoms with Crippen LogP contribution < -0.4 is 4.74 Å². The van der Waals surface area contributed by atoms with Gasteiger partial charge < -0.3 is 19.1 Å². The molecule has 0 spiro atoms. The van der Waals surface area contributed by atoms with Crippen molar-refractivity contribution in [1.82, 2.24) is 29.7 Å². The zero-order valence-electron chi connectivity index (χ0n) is 20.8. The molecule has 0 N–H and O–H groups in total. The Labute approximate surface area is 204 Å². The lowest BCUT2D eigenvalue weighted by Gasteiger charge is -2.41. The molecule has 188 valence electrons. The van der Waals surface area contributed by atoms with Crippen molar-refractivity contribution in [2.75, 3.05) is 33.3 Å². The van der Waals surface area contributed by atoms with Gasteiger partial charge in [-0.3, -0.25) is 4.79 Å². The van der Waals surface area contributed by atoms with Gasteiger partial charge in [0.05, 0.1) is 18.2 Å². The maximum Gasteiger partial charge on any atom is 0.291 e. The molecule has 10 heteroatoms. The smallest absolute Gasteiger partial charge is 0.291 e. The predicted octanol–water partition coefficient (Wildman–Crippen LogP) is 3.87. The van der Waals surface area contributed by atoms with Crippen LogP contribution in [0.5, 0.6) is 5.75 Å². The van der Waals surface area contributed by atoms with E-state index in [1.54, 1.807) is 20.1 Å². The van der Waals surface area contributed by atoms with Gasteiger partial charge in [0.2, 0.25) is 11.8 Å². The third-order valence-corrected chi connectivity index (χ3v) is 7.46. The van der Waals surface area contributed by atoms with E-state index in [0.29, 0.717) is 28.6 Å². The average molecular weight is 485 g/mol. The number of aromatic nitrogens is 4. The van der Waals surface area contributed by atoms with E-state index < -0.39 is 5.82 Å². The Morgan fingerprint density at radius 3 is 2.49 bits per heavy atom. The molecule has 1 aromatic carbocycles. The number of halogens is 1. The fraction of sp³-hybridized carbons (Fsp3) is 0.600. The van der Waals surface area contributed by atoms with Gasteiger partial charge in [0, 0.05) is 32.0 Å². The van der Waals surface area contributed by atoms with Gasteiger partial charge in [0.25, 0.3) is 5.95 Å². The van der Waals surface area contributed by atoms with Crippen molar-refractivity contribution in [2.24, 2.45) is 0 Å². The minimum Gasteiger partial charge on any atom is -0.496 e. The first-order valence-corrected chi connectivity index (χ1v) is 12.5. The summed E-state index contributed by atoms with van der Waals surface area (Å²) in [7, 11) is 1.57. The molecule has 35 heavy (non-hydrogen) atoms. The van der Waals surface area contributed by atoms with Gasteiger partial charge in [-0.2, -0.15) is 14.8 Å². The minimum absolute atomic E-state index is 0.0625. The number of methoxy groups -OCH3 is 1. The standard InChI is InChI=1S/C25H33FN6O3/c1-15(2)22-21-20(34-4)6-5-19(26)23(21)32(28-22)25-27-24(35-29-25)17-7-11-31(12-8-17)18-9-13-30(14-10-18)16(3)33/h5-6,15,17-18H,7-14H2,1-4H3. The van der Waals surface area contributed by atoms with Crippen molar-refractivity contribution in [3.63, 3.8) is 0 Å². The van der Waals surface area contributed by atoms with Gasteiger partial charge in [-0.1, -0.05) is 13.8 Å². The monoisotopic (exact) mass is 484 g/mol. The molecule has 5 rings (SSSR count). The van der Waals surface area contributed by atoms with Gasteiger partial charge in [0.15, 0.2) is 0 Å². The van der Waals surface area contributed by atoms with Gasteiger partial charge in [-0.25, -0.2) is 4.39 Å². The minimum atomic E-state index is -0.407. The largest absolute Gasteiger partial charge is 0.496 e. The number of carbonyl (C=O) groups excluding carboxylic acids is 1. The van der Waals surface area contributed by atoms with Crippen molar-refractivity contribution < 1.29 is 18.4 Å². The van der Waals surface area contributed by atoms with Crippen LogP contribution in [-0.4, -0.2) is 75.0 Å². The van der Waals surface area contributed by atoms with Crippen LogP contribution in [-0.2, 0) is 4.79 Å². The molecule has 0 saturated carbocycles. The molecule has 2 aromatic heterocycles. The van der Waals surface area contributed by atoms with E-state index in [-0.39, 0.29) is 23.7 Å². The van der Waals surface area contributed by atoms with Crippen molar-refractivity contribution in [2.45, 2.75) is 64.3 Å². The molecule has 0 atom stereocenters. The second-order valence-electron chi connectivity index (χ2n) is 9.91. The number of benzene rings is 1. The summed E-state index contributed by atoms with van der Waals surface area (Å²) in [6, 6.07) is 3.52. The quantitative estimate of drug-likeness (QED) is 0.543. The number of rotatable bonds is 5. The maximum atomic E-state index is 14.9. The normalized spacial score (nSPS) is 18.6. The maximum absolute atomic E-state index is 14.9. The number of ether oxygens (including phenoxy) is 1. The van der Waals surface area contributed by atoms with E-state index in [9.17, 15) is 9.18 Å². The van der Waals surface area contributed by atoms with Gasteiger partial charge >= 0.3 is 0 Å². The summed E-state index contributed by atoms with van der Waals surface area (Å²) >= 11 is 0. The van der Waals surface area contributed by atoms with E-state index >= 15 is 0 Å². The zero-order valence-corrected chi connectivity index (χ0v) is 20.8. The summed E-state index contributed by atoms with van der Waals surface area (Å²) in [6.07, 6.45) is 3.89. The molecule has 3 aromatic rings. The fourth-order valence-electron chi connectivity index (χ4n) is 5.46. The summed E-state index contributed by atoms with van der Waals surface area (Å²) in [5.74, 6) is 1.37.